The number of rotatable bonds is 6. The van der Waals surface area contributed by atoms with E-state index < -0.39 is 0 Å². The highest BCUT2D eigenvalue weighted by Gasteiger charge is 2.21. The number of thiophene rings is 1. The molecule has 0 aliphatic heterocycles. The molecular weight excluding hydrogens is 216 g/mol. The first-order valence-corrected chi connectivity index (χ1v) is 6.94. The SMILES string of the molecule is CCCN(C(C)C)C(CN)c1ccc(C)s1. The van der Waals surface area contributed by atoms with Gasteiger partial charge in [-0.3, -0.25) is 4.90 Å². The molecule has 92 valence electrons. The second-order valence-electron chi connectivity index (χ2n) is 4.53. The minimum atomic E-state index is 0.388. The molecule has 1 unspecified atom stereocenters. The summed E-state index contributed by atoms with van der Waals surface area (Å²) >= 11 is 1.87. The van der Waals surface area contributed by atoms with Crippen LogP contribution in [0.1, 0.15) is 43.0 Å². The first kappa shape index (κ1) is 13.7. The molecule has 0 fully saturated rings. The van der Waals surface area contributed by atoms with Gasteiger partial charge in [-0.15, -0.1) is 11.3 Å². The van der Waals surface area contributed by atoms with Crippen molar-refractivity contribution in [2.24, 2.45) is 5.73 Å². The van der Waals surface area contributed by atoms with E-state index in [0.717, 1.165) is 6.54 Å². The van der Waals surface area contributed by atoms with Gasteiger partial charge in [0.25, 0.3) is 0 Å². The van der Waals surface area contributed by atoms with Crippen molar-refractivity contribution in [2.75, 3.05) is 13.1 Å². The van der Waals surface area contributed by atoms with Crippen LogP contribution in [0.25, 0.3) is 0 Å². The zero-order valence-corrected chi connectivity index (χ0v) is 11.7. The third-order valence-electron chi connectivity index (χ3n) is 2.86. The standard InChI is InChI=1S/C13H24N2S/c1-5-8-15(10(2)3)12(9-14)13-7-6-11(4)16-13/h6-7,10,12H,5,8-9,14H2,1-4H3. The highest BCUT2D eigenvalue weighted by molar-refractivity contribution is 7.12. The van der Waals surface area contributed by atoms with Crippen molar-refractivity contribution in [3.63, 3.8) is 0 Å². The Bertz CT molecular complexity index is 307. The lowest BCUT2D eigenvalue weighted by molar-refractivity contribution is 0.160. The van der Waals surface area contributed by atoms with Gasteiger partial charge >= 0.3 is 0 Å². The first-order valence-electron chi connectivity index (χ1n) is 6.12. The Labute approximate surface area is 103 Å². The third kappa shape index (κ3) is 3.30. The van der Waals surface area contributed by atoms with Crippen LogP contribution < -0.4 is 5.73 Å². The van der Waals surface area contributed by atoms with Gasteiger partial charge in [0.05, 0.1) is 6.04 Å². The van der Waals surface area contributed by atoms with Crippen LogP contribution in [0.5, 0.6) is 0 Å². The Morgan fingerprint density at radius 1 is 1.38 bits per heavy atom. The Hall–Kier alpha value is -0.380. The molecule has 1 atom stereocenters. The smallest absolute Gasteiger partial charge is 0.0566 e. The van der Waals surface area contributed by atoms with E-state index in [4.69, 9.17) is 5.73 Å². The van der Waals surface area contributed by atoms with Crippen molar-refractivity contribution in [3.8, 4) is 0 Å². The van der Waals surface area contributed by atoms with E-state index in [9.17, 15) is 0 Å². The van der Waals surface area contributed by atoms with Crippen molar-refractivity contribution >= 4 is 11.3 Å². The summed E-state index contributed by atoms with van der Waals surface area (Å²) < 4.78 is 0. The lowest BCUT2D eigenvalue weighted by Gasteiger charge is -2.33. The summed E-state index contributed by atoms with van der Waals surface area (Å²) in [6, 6.07) is 5.35. The van der Waals surface area contributed by atoms with Gasteiger partial charge in [-0.1, -0.05) is 6.92 Å². The zero-order valence-electron chi connectivity index (χ0n) is 10.9. The topological polar surface area (TPSA) is 29.3 Å². The summed E-state index contributed by atoms with van der Waals surface area (Å²) in [5, 5.41) is 0. The molecule has 0 bridgehead atoms. The van der Waals surface area contributed by atoms with Gasteiger partial charge in [0.1, 0.15) is 0 Å². The molecule has 1 rings (SSSR count). The highest BCUT2D eigenvalue weighted by Crippen LogP contribution is 2.28. The number of nitrogens with two attached hydrogens (primary N) is 1. The quantitative estimate of drug-likeness (QED) is 0.827. The van der Waals surface area contributed by atoms with Crippen LogP contribution >= 0.6 is 11.3 Å². The van der Waals surface area contributed by atoms with Crippen molar-refractivity contribution in [1.29, 1.82) is 0 Å². The summed E-state index contributed by atoms with van der Waals surface area (Å²) in [6.45, 7) is 10.7. The molecule has 0 saturated carbocycles. The summed E-state index contributed by atoms with van der Waals surface area (Å²) in [4.78, 5) is 5.28. The van der Waals surface area contributed by atoms with Gasteiger partial charge in [-0.2, -0.15) is 0 Å². The molecule has 1 aromatic rings. The maximum atomic E-state index is 5.95. The van der Waals surface area contributed by atoms with Gasteiger partial charge in [0.2, 0.25) is 0 Å². The lowest BCUT2D eigenvalue weighted by atomic mass is 10.1. The van der Waals surface area contributed by atoms with E-state index >= 15 is 0 Å². The molecule has 0 amide bonds. The summed E-state index contributed by atoms with van der Waals surface area (Å²) in [5.74, 6) is 0. The average Bonchev–Trinajstić information content (AvgIpc) is 2.64. The summed E-state index contributed by atoms with van der Waals surface area (Å²) in [5.41, 5.74) is 5.95. The van der Waals surface area contributed by atoms with Crippen LogP contribution in [0.15, 0.2) is 12.1 Å². The normalized spacial score (nSPS) is 13.7. The summed E-state index contributed by atoms with van der Waals surface area (Å²) in [6.07, 6.45) is 1.18. The Balaban J connectivity index is 2.85. The molecule has 1 aromatic heterocycles. The van der Waals surface area contributed by atoms with Crippen molar-refractivity contribution in [2.45, 2.75) is 46.2 Å². The van der Waals surface area contributed by atoms with Crippen LogP contribution in [-0.2, 0) is 0 Å². The second kappa shape index (κ2) is 6.38. The van der Waals surface area contributed by atoms with Crippen molar-refractivity contribution < 1.29 is 0 Å². The lowest BCUT2D eigenvalue weighted by Crippen LogP contribution is -2.38. The van der Waals surface area contributed by atoms with Gasteiger partial charge in [0.15, 0.2) is 0 Å². The monoisotopic (exact) mass is 240 g/mol. The van der Waals surface area contributed by atoms with E-state index in [1.165, 1.54) is 16.2 Å². The van der Waals surface area contributed by atoms with E-state index in [0.29, 0.717) is 18.6 Å². The second-order valence-corrected chi connectivity index (χ2v) is 5.85. The Kier molecular flexibility index (Phi) is 5.46. The van der Waals surface area contributed by atoms with E-state index in [2.05, 4.69) is 44.7 Å². The third-order valence-corrected chi connectivity index (χ3v) is 3.96. The zero-order chi connectivity index (χ0) is 12.1. The van der Waals surface area contributed by atoms with Gasteiger partial charge in [-0.05, 0) is 45.9 Å². The van der Waals surface area contributed by atoms with E-state index in [1.807, 2.05) is 11.3 Å². The van der Waals surface area contributed by atoms with Crippen LogP contribution in [0.4, 0.5) is 0 Å². The van der Waals surface area contributed by atoms with Crippen LogP contribution in [-0.4, -0.2) is 24.0 Å². The van der Waals surface area contributed by atoms with Crippen molar-refractivity contribution in [1.82, 2.24) is 4.90 Å². The molecule has 3 heteroatoms. The maximum absolute atomic E-state index is 5.95. The number of hydrogen-bond acceptors (Lipinski definition) is 3. The molecule has 0 aromatic carbocycles. The fraction of sp³-hybridized carbons (Fsp3) is 0.692. The van der Waals surface area contributed by atoms with Gasteiger partial charge in [0, 0.05) is 22.3 Å². The van der Waals surface area contributed by atoms with Gasteiger partial charge in [-0.25, -0.2) is 0 Å². The molecule has 0 radical (unpaired) electrons. The minimum Gasteiger partial charge on any atom is -0.329 e. The van der Waals surface area contributed by atoms with Crippen LogP contribution in [0, 0.1) is 6.92 Å². The first-order chi connectivity index (χ1) is 7.60. The van der Waals surface area contributed by atoms with Gasteiger partial charge < -0.3 is 5.73 Å². The minimum absolute atomic E-state index is 0.388. The summed E-state index contributed by atoms with van der Waals surface area (Å²) in [7, 11) is 0. The molecule has 0 aliphatic carbocycles. The Morgan fingerprint density at radius 2 is 2.06 bits per heavy atom. The highest BCUT2D eigenvalue weighted by atomic mass is 32.1. The molecule has 0 aliphatic rings. The molecule has 0 saturated heterocycles. The van der Waals surface area contributed by atoms with Crippen LogP contribution in [0.2, 0.25) is 0 Å². The molecule has 16 heavy (non-hydrogen) atoms. The number of hydrogen-bond donors (Lipinski definition) is 1. The fourth-order valence-electron chi connectivity index (χ4n) is 2.08. The number of aryl methyl sites for hydroxylation is 1. The molecule has 1 heterocycles. The maximum Gasteiger partial charge on any atom is 0.0566 e. The average molecular weight is 240 g/mol. The molecule has 2 N–H and O–H groups in total. The fourth-order valence-corrected chi connectivity index (χ4v) is 3.09. The molecule has 2 nitrogen and oxygen atoms in total. The van der Waals surface area contributed by atoms with E-state index in [1.54, 1.807) is 0 Å². The molecular formula is C13H24N2S. The predicted molar refractivity (Wildman–Crippen MR) is 73.0 cm³/mol. The largest absolute Gasteiger partial charge is 0.329 e. The predicted octanol–water partition coefficient (Wildman–Crippen LogP) is 3.18. The molecule has 0 spiro atoms. The number of nitrogens with zero attached hydrogens (tertiary/aromatic N) is 1. The van der Waals surface area contributed by atoms with Crippen LogP contribution in [0.3, 0.4) is 0 Å². The van der Waals surface area contributed by atoms with E-state index in [-0.39, 0.29) is 0 Å². The van der Waals surface area contributed by atoms with Crippen molar-refractivity contribution in [3.05, 3.63) is 21.9 Å². The Morgan fingerprint density at radius 3 is 2.44 bits per heavy atom.